The van der Waals surface area contributed by atoms with Gasteiger partial charge >= 0.3 is 0 Å². The molecule has 0 N–H and O–H groups in total. The highest BCUT2D eigenvalue weighted by Crippen LogP contribution is 2.59. The topological polar surface area (TPSA) is 9.23 Å². The molecule has 2 aromatic rings. The van der Waals surface area contributed by atoms with Crippen molar-refractivity contribution in [1.82, 2.24) is 0 Å². The molecule has 2 atom stereocenters. The van der Waals surface area contributed by atoms with Crippen LogP contribution in [-0.2, 0) is 17.3 Å². The monoisotopic (exact) mass is 747 g/mol. The van der Waals surface area contributed by atoms with E-state index in [1.165, 1.54) is 101 Å². The van der Waals surface area contributed by atoms with Crippen molar-refractivity contribution in [2.24, 2.45) is 0 Å². The predicted octanol–water partition coefficient (Wildman–Crippen LogP) is 13.3. The normalized spacial score (nSPS) is 20.3. The van der Waals surface area contributed by atoms with Crippen LogP contribution in [0.5, 0.6) is 0 Å². The summed E-state index contributed by atoms with van der Waals surface area (Å²) in [5, 5.41) is 3.27. The zero-order valence-electron chi connectivity index (χ0n) is 34.6. The number of unbranched alkanes of at least 4 members (excludes halogenated alkanes) is 8. The van der Waals surface area contributed by atoms with E-state index < -0.39 is 31.6 Å². The van der Waals surface area contributed by atoms with Gasteiger partial charge in [-0.05, 0) is 67.4 Å². The van der Waals surface area contributed by atoms with Gasteiger partial charge in [0.05, 0.1) is 29.3 Å². The molecule has 0 amide bonds. The van der Waals surface area contributed by atoms with Crippen molar-refractivity contribution in [1.29, 1.82) is 0 Å². The highest BCUT2D eigenvalue weighted by Gasteiger charge is 2.63. The fourth-order valence-corrected chi connectivity index (χ4v) is 24.8. The lowest BCUT2D eigenvalue weighted by Gasteiger charge is -2.63. The zero-order valence-corrected chi connectivity index (χ0v) is 38.6. The molecule has 2 aromatic carbocycles. The molecule has 5 heteroatoms. The molecule has 1 saturated heterocycles. The molecule has 0 radical (unpaired) electrons. The highest BCUT2D eigenvalue weighted by molar-refractivity contribution is 7.38. The minimum absolute atomic E-state index is 0.0674. The molecule has 1 aliphatic heterocycles. The second-order valence-electron chi connectivity index (χ2n) is 18.3. The molecule has 0 aliphatic carbocycles. The van der Waals surface area contributed by atoms with Crippen molar-refractivity contribution in [2.45, 2.75) is 185 Å². The van der Waals surface area contributed by atoms with Crippen LogP contribution < -0.4 is 10.4 Å². The maximum Gasteiger partial charge on any atom is 0.174 e. The first-order valence-electron chi connectivity index (χ1n) is 20.7. The van der Waals surface area contributed by atoms with Crippen LogP contribution in [0.15, 0.2) is 73.8 Å². The number of benzene rings is 2. The maximum atomic E-state index is 8.37. The molecule has 280 valence electrons. The summed E-state index contributed by atoms with van der Waals surface area (Å²) in [4.78, 5) is 0. The van der Waals surface area contributed by atoms with Crippen LogP contribution in [-0.4, -0.2) is 37.2 Å². The van der Waals surface area contributed by atoms with Crippen LogP contribution in [0.3, 0.4) is 0 Å². The average Bonchev–Trinajstić information content (AvgIpc) is 3.06. The van der Waals surface area contributed by atoms with E-state index in [1.807, 2.05) is 0 Å². The number of rotatable bonds is 22. The van der Waals surface area contributed by atoms with E-state index in [0.29, 0.717) is 11.1 Å². The Balaban J connectivity index is 2.33. The lowest BCUT2D eigenvalue weighted by molar-refractivity contribution is 0.0265. The maximum absolute atomic E-state index is 8.37. The summed E-state index contributed by atoms with van der Waals surface area (Å²) < 4.78 is 8.37. The Morgan fingerprint density at radius 2 is 1.10 bits per heavy atom. The zero-order chi connectivity index (χ0) is 37.1. The highest BCUT2D eigenvalue weighted by atomic mass is 29.3. The number of hydrogen-bond acceptors (Lipinski definition) is 1. The third-order valence-electron chi connectivity index (χ3n) is 13.4. The first kappa shape index (κ1) is 43.2. The average molecular weight is 747 g/mol. The van der Waals surface area contributed by atoms with Crippen LogP contribution in [0, 0.1) is 0 Å². The molecule has 50 heavy (non-hydrogen) atoms. The van der Waals surface area contributed by atoms with Crippen LogP contribution in [0.25, 0.3) is 0 Å². The molecule has 1 fully saturated rings. The van der Waals surface area contributed by atoms with Gasteiger partial charge < -0.3 is 4.43 Å². The molecule has 0 spiro atoms. The van der Waals surface area contributed by atoms with Crippen molar-refractivity contribution in [2.75, 3.05) is 0 Å². The smallest absolute Gasteiger partial charge is 0.174 e. The SMILES string of the molecule is C=CCc1cccc([Si](C)(C)C(CCCCCCC)C2(C(CCCCCCC)[Si](C)(C)c3cccc(CC=C)c3)CC[Si](C)(C)[Si](C)(C)O2)c1. The fraction of sp³-hybridized carbons (Fsp3) is 0.644. The Bertz CT molecular complexity index is 1260. The molecule has 0 bridgehead atoms. The van der Waals surface area contributed by atoms with Crippen LogP contribution in [0.1, 0.15) is 108 Å². The predicted molar refractivity (Wildman–Crippen MR) is 237 cm³/mol. The van der Waals surface area contributed by atoms with Crippen molar-refractivity contribution in [3.05, 3.63) is 85.0 Å². The van der Waals surface area contributed by atoms with Crippen LogP contribution in [0.2, 0.25) is 69.5 Å². The first-order chi connectivity index (χ1) is 23.6. The molecular formula is C45H78OSi4. The largest absolute Gasteiger partial charge is 0.415 e. The van der Waals surface area contributed by atoms with Crippen LogP contribution >= 0.6 is 0 Å². The summed E-state index contributed by atoms with van der Waals surface area (Å²) in [5.74, 6) is 0. The number of hydrogen-bond donors (Lipinski definition) is 0. The van der Waals surface area contributed by atoms with E-state index in [-0.39, 0.29) is 5.60 Å². The summed E-state index contributed by atoms with van der Waals surface area (Å²) in [6.45, 7) is 34.5. The second-order valence-corrected chi connectivity index (χ2v) is 42.9. The van der Waals surface area contributed by atoms with Crippen molar-refractivity contribution < 1.29 is 4.43 Å². The summed E-state index contributed by atoms with van der Waals surface area (Å²) in [7, 11) is -7.53. The molecule has 1 heterocycles. The van der Waals surface area contributed by atoms with Gasteiger partial charge in [-0.1, -0.05) is 194 Å². The van der Waals surface area contributed by atoms with Gasteiger partial charge in [0.15, 0.2) is 7.83 Å². The van der Waals surface area contributed by atoms with E-state index in [0.717, 1.165) is 12.8 Å². The van der Waals surface area contributed by atoms with Crippen molar-refractivity contribution in [3.63, 3.8) is 0 Å². The van der Waals surface area contributed by atoms with Gasteiger partial charge in [-0.25, -0.2) is 0 Å². The van der Waals surface area contributed by atoms with Gasteiger partial charge in [-0.2, -0.15) is 0 Å². The van der Waals surface area contributed by atoms with Crippen molar-refractivity contribution in [3.8, 4) is 0 Å². The molecule has 2 unspecified atom stereocenters. The third-order valence-corrected chi connectivity index (χ3v) is 38.6. The van der Waals surface area contributed by atoms with Gasteiger partial charge in [-0.3, -0.25) is 0 Å². The molecule has 1 nitrogen and oxygen atoms in total. The summed E-state index contributed by atoms with van der Waals surface area (Å²) >= 11 is 0. The Morgan fingerprint density at radius 3 is 1.48 bits per heavy atom. The summed E-state index contributed by atoms with van der Waals surface area (Å²) in [5.41, 5.74) is 3.96. The Kier molecular flexibility index (Phi) is 16.6. The standard InChI is InChI=1S/C45H78OSi4/c1-13-17-19-21-23-33-43(48(7,8)41-31-25-29-39(37-41)27-15-3)45(35-36-47(5,6)50(11,12)46-45)44(34-24-22-20-18-14-2)49(9,10)42-32-26-30-40(38-42)28-16-4/h15-16,25-26,29-32,37-38,43-44H,3-4,13-14,17-24,27-28,33-36H2,1-2,5-12H3. The Hall–Kier alpha value is -1.25. The van der Waals surface area contributed by atoms with E-state index in [9.17, 15) is 0 Å². The van der Waals surface area contributed by atoms with E-state index >= 15 is 0 Å². The van der Waals surface area contributed by atoms with Crippen LogP contribution in [0.4, 0.5) is 0 Å². The molecule has 3 rings (SSSR count). The van der Waals surface area contributed by atoms with E-state index in [1.54, 1.807) is 10.4 Å². The lowest BCUT2D eigenvalue weighted by Crippen LogP contribution is -2.72. The van der Waals surface area contributed by atoms with Gasteiger partial charge in [-0.15, -0.1) is 13.2 Å². The van der Waals surface area contributed by atoms with Crippen molar-refractivity contribution >= 4 is 41.9 Å². The summed E-state index contributed by atoms with van der Waals surface area (Å²) in [6.07, 6.45) is 23.4. The quantitative estimate of drug-likeness (QED) is 0.0662. The number of allylic oxidation sites excluding steroid dienone is 2. The second kappa shape index (κ2) is 19.2. The molecular weight excluding hydrogens is 669 g/mol. The van der Waals surface area contributed by atoms with E-state index in [2.05, 4.69) is 140 Å². The Labute approximate surface area is 315 Å². The first-order valence-corrected chi connectivity index (χ1v) is 34.0. The molecule has 0 saturated carbocycles. The van der Waals surface area contributed by atoms with Gasteiger partial charge in [0, 0.05) is 0 Å². The summed E-state index contributed by atoms with van der Waals surface area (Å²) in [6, 6.07) is 20.9. The van der Waals surface area contributed by atoms with E-state index in [4.69, 9.17) is 4.43 Å². The molecule has 0 aromatic heterocycles. The third kappa shape index (κ3) is 10.5. The molecule has 1 aliphatic rings. The fourth-order valence-electron chi connectivity index (χ4n) is 9.48. The Morgan fingerprint density at radius 1 is 0.680 bits per heavy atom. The van der Waals surface area contributed by atoms with Gasteiger partial charge in [0.2, 0.25) is 0 Å². The lowest BCUT2D eigenvalue weighted by atomic mass is 9.85. The van der Waals surface area contributed by atoms with Gasteiger partial charge in [0.25, 0.3) is 0 Å². The minimum atomic E-state index is -2.05. The minimum Gasteiger partial charge on any atom is -0.415 e. The van der Waals surface area contributed by atoms with Gasteiger partial charge in [0.1, 0.15) is 0 Å².